The largest absolute Gasteiger partial charge is 0.503 e. The van der Waals surface area contributed by atoms with Gasteiger partial charge in [0.1, 0.15) is 17.8 Å². The molecule has 0 spiro atoms. The molecule has 6 rings (SSSR count). The van der Waals surface area contributed by atoms with Crippen molar-refractivity contribution in [2.75, 3.05) is 45.9 Å². The number of aryl methyl sites for hydroxylation is 1. The number of hydrogen-bond acceptors (Lipinski definition) is 7. The van der Waals surface area contributed by atoms with E-state index in [1.54, 1.807) is 4.57 Å². The van der Waals surface area contributed by atoms with E-state index in [0.29, 0.717) is 25.7 Å². The first-order valence-corrected chi connectivity index (χ1v) is 14.6. The first-order chi connectivity index (χ1) is 19.8. The summed E-state index contributed by atoms with van der Waals surface area (Å²) in [7, 11) is 0. The molecular weight excluding hydrogens is 534 g/mol. The van der Waals surface area contributed by atoms with Crippen LogP contribution in [0.4, 0.5) is 8.78 Å². The van der Waals surface area contributed by atoms with Gasteiger partial charge in [0.15, 0.2) is 17.2 Å². The Balaban J connectivity index is 1.27. The van der Waals surface area contributed by atoms with Crippen LogP contribution >= 0.6 is 0 Å². The number of fused-ring (bicyclic) bond motifs is 4. The number of amides is 1. The molecule has 0 unspecified atom stereocenters. The van der Waals surface area contributed by atoms with Gasteiger partial charge in [-0.25, -0.2) is 8.78 Å². The molecule has 220 valence electrons. The van der Waals surface area contributed by atoms with Crippen LogP contribution in [0, 0.1) is 17.6 Å². The standard InChI is InChI=1S/C30H36F2N4O5/c31-21-7-5-19(23(32)15-21)6-8-25(37)22-17-35-18-26-34(10-9-33-11-13-41-14-12-33)16-20-3-1-2-4-24(20)36(26)30(40)27(35)29(39)28(22)38/h5,7,15,17,20,24,26,39H,1-4,6,8-14,16,18H2/t20-,24-,26-/m0/s1. The highest BCUT2D eigenvalue weighted by atomic mass is 19.1. The van der Waals surface area contributed by atoms with Crippen molar-refractivity contribution in [3.63, 3.8) is 0 Å². The minimum Gasteiger partial charge on any atom is -0.503 e. The molecule has 1 aliphatic carbocycles. The number of carbonyl (C=O) groups excluding carboxylic acids is 2. The minimum absolute atomic E-state index is 0.0272. The molecule has 1 aromatic heterocycles. The molecule has 3 aliphatic heterocycles. The number of ketones is 1. The van der Waals surface area contributed by atoms with Gasteiger partial charge in [-0.2, -0.15) is 0 Å². The van der Waals surface area contributed by atoms with Gasteiger partial charge in [-0.1, -0.05) is 18.9 Å². The zero-order valence-electron chi connectivity index (χ0n) is 23.1. The number of ether oxygens (including phenoxy) is 1. The third-order valence-electron chi connectivity index (χ3n) is 9.24. The lowest BCUT2D eigenvalue weighted by Gasteiger charge is -2.55. The van der Waals surface area contributed by atoms with Gasteiger partial charge in [0.05, 0.1) is 25.3 Å². The molecule has 41 heavy (non-hydrogen) atoms. The van der Waals surface area contributed by atoms with Crippen molar-refractivity contribution in [1.82, 2.24) is 19.3 Å². The van der Waals surface area contributed by atoms with Crippen molar-refractivity contribution in [1.29, 1.82) is 0 Å². The van der Waals surface area contributed by atoms with Crippen LogP contribution in [0.5, 0.6) is 5.75 Å². The van der Waals surface area contributed by atoms with Gasteiger partial charge in [0, 0.05) is 57.4 Å². The lowest BCUT2D eigenvalue weighted by Crippen LogP contribution is -2.68. The van der Waals surface area contributed by atoms with Crippen LogP contribution in [0.25, 0.3) is 0 Å². The molecule has 3 atom stereocenters. The molecule has 0 radical (unpaired) electrons. The fraction of sp³-hybridized carbons (Fsp3) is 0.567. The Morgan fingerprint density at radius 1 is 1.05 bits per heavy atom. The Kier molecular flexibility index (Phi) is 7.93. The number of rotatable bonds is 7. The minimum atomic E-state index is -0.894. The third kappa shape index (κ3) is 5.42. The summed E-state index contributed by atoms with van der Waals surface area (Å²) >= 11 is 0. The summed E-state index contributed by atoms with van der Waals surface area (Å²) in [6.07, 6.45) is 4.99. The maximum Gasteiger partial charge on any atom is 0.276 e. The topological polar surface area (TPSA) is 95.3 Å². The molecule has 1 amide bonds. The Hall–Kier alpha value is -3.15. The summed E-state index contributed by atoms with van der Waals surface area (Å²) in [4.78, 5) is 46.8. The van der Waals surface area contributed by atoms with Gasteiger partial charge < -0.3 is 19.3 Å². The highest BCUT2D eigenvalue weighted by molar-refractivity contribution is 6.00. The van der Waals surface area contributed by atoms with Crippen LogP contribution in [-0.4, -0.2) is 94.2 Å². The van der Waals surface area contributed by atoms with E-state index in [4.69, 9.17) is 4.74 Å². The first-order valence-electron chi connectivity index (χ1n) is 14.6. The smallest absolute Gasteiger partial charge is 0.276 e. The van der Waals surface area contributed by atoms with Gasteiger partial charge in [-0.3, -0.25) is 24.2 Å². The number of aromatic nitrogens is 1. The number of aromatic hydroxyl groups is 1. The number of halogens is 2. The number of hydrogen-bond donors (Lipinski definition) is 1. The Labute approximate surface area is 237 Å². The van der Waals surface area contributed by atoms with Gasteiger partial charge in [-0.05, 0) is 36.8 Å². The van der Waals surface area contributed by atoms with Crippen molar-refractivity contribution >= 4 is 11.7 Å². The Morgan fingerprint density at radius 3 is 2.61 bits per heavy atom. The lowest BCUT2D eigenvalue weighted by atomic mass is 9.80. The fourth-order valence-corrected chi connectivity index (χ4v) is 7.03. The van der Waals surface area contributed by atoms with E-state index in [0.717, 1.165) is 70.5 Å². The molecule has 1 aromatic carbocycles. The van der Waals surface area contributed by atoms with Crippen molar-refractivity contribution in [3.8, 4) is 5.75 Å². The maximum absolute atomic E-state index is 14.1. The Bertz CT molecular complexity index is 1390. The number of pyridine rings is 1. The zero-order valence-corrected chi connectivity index (χ0v) is 23.1. The SMILES string of the molecule is O=C(CCc1ccc(F)cc1F)c1cn2c(c(O)c1=O)C(=O)N1[C@H]3CCCC[C@H]3CN(CCN3CCOCC3)[C@@H]1C2. The van der Waals surface area contributed by atoms with Crippen molar-refractivity contribution in [3.05, 3.63) is 63.1 Å². The summed E-state index contributed by atoms with van der Waals surface area (Å²) in [6, 6.07) is 3.19. The molecule has 2 saturated heterocycles. The van der Waals surface area contributed by atoms with Crippen LogP contribution in [0.1, 0.15) is 58.5 Å². The van der Waals surface area contributed by atoms with E-state index in [2.05, 4.69) is 9.80 Å². The highest BCUT2D eigenvalue weighted by Gasteiger charge is 2.48. The molecule has 4 heterocycles. The number of carbonyl (C=O) groups is 2. The molecule has 0 bridgehead atoms. The highest BCUT2D eigenvalue weighted by Crippen LogP contribution is 2.39. The van der Waals surface area contributed by atoms with Crippen LogP contribution in [0.3, 0.4) is 0 Å². The number of benzene rings is 1. The summed E-state index contributed by atoms with van der Waals surface area (Å²) in [5, 5.41) is 11.0. The quantitative estimate of drug-likeness (QED) is 0.512. The van der Waals surface area contributed by atoms with Crippen LogP contribution in [0.2, 0.25) is 0 Å². The van der Waals surface area contributed by atoms with E-state index in [1.165, 1.54) is 12.3 Å². The predicted molar refractivity (Wildman–Crippen MR) is 146 cm³/mol. The fourth-order valence-electron chi connectivity index (χ4n) is 7.03. The summed E-state index contributed by atoms with van der Waals surface area (Å²) in [5.41, 5.74) is -1.05. The normalized spacial score (nSPS) is 25.0. The van der Waals surface area contributed by atoms with Crippen LogP contribution in [0.15, 0.2) is 29.2 Å². The molecule has 9 nitrogen and oxygen atoms in total. The van der Waals surface area contributed by atoms with E-state index >= 15 is 0 Å². The molecule has 4 aliphatic rings. The summed E-state index contributed by atoms with van der Waals surface area (Å²) < 4.78 is 34.4. The molecule has 3 fully saturated rings. The molecule has 11 heteroatoms. The van der Waals surface area contributed by atoms with Gasteiger partial charge in [0.25, 0.3) is 5.91 Å². The average Bonchev–Trinajstić information content (AvgIpc) is 2.97. The zero-order chi connectivity index (χ0) is 28.7. The van der Waals surface area contributed by atoms with Crippen LogP contribution in [-0.2, 0) is 17.7 Å². The predicted octanol–water partition coefficient (Wildman–Crippen LogP) is 2.64. The molecule has 2 aromatic rings. The number of Topliss-reactive ketones (excluding diaryl/α,β-unsaturated/α-hetero) is 1. The van der Waals surface area contributed by atoms with E-state index in [9.17, 15) is 28.3 Å². The summed E-state index contributed by atoms with van der Waals surface area (Å²) in [6.45, 7) is 6.00. The number of nitrogens with zero attached hydrogens (tertiary/aromatic N) is 4. The van der Waals surface area contributed by atoms with Crippen molar-refractivity contribution in [2.24, 2.45) is 5.92 Å². The Morgan fingerprint density at radius 2 is 1.83 bits per heavy atom. The second kappa shape index (κ2) is 11.6. The average molecular weight is 571 g/mol. The molecule has 1 N–H and O–H groups in total. The first kappa shape index (κ1) is 28.0. The monoisotopic (exact) mass is 570 g/mol. The third-order valence-corrected chi connectivity index (χ3v) is 9.24. The van der Waals surface area contributed by atoms with Gasteiger partial charge >= 0.3 is 0 Å². The maximum atomic E-state index is 14.1. The van der Waals surface area contributed by atoms with E-state index < -0.39 is 28.6 Å². The van der Waals surface area contributed by atoms with E-state index in [-0.39, 0.29) is 47.8 Å². The second-order valence-corrected chi connectivity index (χ2v) is 11.6. The molecule has 1 saturated carbocycles. The van der Waals surface area contributed by atoms with Crippen molar-refractivity contribution < 1.29 is 28.2 Å². The second-order valence-electron chi connectivity index (χ2n) is 11.6. The van der Waals surface area contributed by atoms with Gasteiger partial charge in [0.2, 0.25) is 5.43 Å². The van der Waals surface area contributed by atoms with Gasteiger partial charge in [-0.15, -0.1) is 0 Å². The molecular formula is C30H36F2N4O5. The van der Waals surface area contributed by atoms with Crippen LogP contribution < -0.4 is 5.43 Å². The van der Waals surface area contributed by atoms with Crippen molar-refractivity contribution in [2.45, 2.75) is 57.3 Å². The van der Waals surface area contributed by atoms with E-state index in [1.807, 2.05) is 4.90 Å². The summed E-state index contributed by atoms with van der Waals surface area (Å²) in [5.74, 6) is -2.80. The lowest BCUT2D eigenvalue weighted by molar-refractivity contribution is -0.0775. The number of morpholine rings is 1.